The minimum absolute atomic E-state index is 0.297. The second-order valence-electron chi connectivity index (χ2n) is 6.92. The number of alkyl halides is 1. The van der Waals surface area contributed by atoms with E-state index in [-0.39, 0.29) is 0 Å². The first-order valence-corrected chi connectivity index (χ1v) is 13.1. The number of allylic oxidation sites excluding steroid dienone is 2. The average molecular weight is 452 g/mol. The van der Waals surface area contributed by atoms with Gasteiger partial charge in [-0.3, -0.25) is 0 Å². The van der Waals surface area contributed by atoms with Gasteiger partial charge in [-0.05, 0) is 38.5 Å². The first-order valence-electron chi connectivity index (χ1n) is 10.4. The molecular weight excluding hydrogens is 412 g/mol. The van der Waals surface area contributed by atoms with Gasteiger partial charge in [0.15, 0.2) is 9.84 Å². The van der Waals surface area contributed by atoms with Crippen molar-refractivity contribution in [2.45, 2.75) is 96.3 Å². The largest absolute Gasteiger partial charge is 0.396 e. The third-order valence-corrected chi connectivity index (χ3v) is 6.06. The van der Waals surface area contributed by atoms with Gasteiger partial charge < -0.3 is 5.11 Å². The molecule has 1 N–H and O–H groups in total. The molecule has 26 heavy (non-hydrogen) atoms. The lowest BCUT2D eigenvalue weighted by Crippen LogP contribution is -1.88. The van der Waals surface area contributed by atoms with Gasteiger partial charge in [-0.1, -0.05) is 85.9 Å². The topological polar surface area (TPSA) is 54.4 Å². The molecule has 0 aliphatic carbocycles. The Labute approximate surface area is 170 Å². The molecule has 0 spiro atoms. The van der Waals surface area contributed by atoms with E-state index in [1.807, 2.05) is 0 Å². The highest BCUT2D eigenvalue weighted by atomic mass is 79.9. The van der Waals surface area contributed by atoms with Crippen LogP contribution in [-0.4, -0.2) is 25.5 Å². The van der Waals surface area contributed by atoms with Crippen LogP contribution in [0.2, 0.25) is 0 Å². The molecule has 0 rings (SSSR count). The van der Waals surface area contributed by atoms with Crippen molar-refractivity contribution in [2.24, 2.45) is 0 Å². The van der Waals surface area contributed by atoms with Gasteiger partial charge in [0.05, 0.1) is 0 Å². The molecule has 5 heteroatoms. The molecule has 0 amide bonds. The van der Waals surface area contributed by atoms with Crippen molar-refractivity contribution in [1.29, 1.82) is 0 Å². The zero-order valence-corrected chi connectivity index (χ0v) is 18.8. The van der Waals surface area contributed by atoms with E-state index in [1.165, 1.54) is 62.2 Å². The van der Waals surface area contributed by atoms with E-state index >= 15 is 0 Å². The first-order chi connectivity index (χ1) is 12.6. The third kappa shape index (κ3) is 20.2. The highest BCUT2D eigenvalue weighted by molar-refractivity contribution is 9.09. The van der Waals surface area contributed by atoms with E-state index in [9.17, 15) is 8.42 Å². The molecule has 0 heterocycles. The smallest absolute Gasteiger partial charge is 0.192 e. The molecule has 0 radical (unpaired) electrons. The Bertz CT molecular complexity index is 444. The van der Waals surface area contributed by atoms with Crippen molar-refractivity contribution in [1.82, 2.24) is 0 Å². The van der Waals surface area contributed by atoms with Gasteiger partial charge in [-0.2, -0.15) is 0 Å². The number of rotatable bonds is 19. The van der Waals surface area contributed by atoms with E-state index in [0.29, 0.717) is 6.61 Å². The predicted molar refractivity (Wildman–Crippen MR) is 117 cm³/mol. The average Bonchev–Trinajstić information content (AvgIpc) is 2.62. The summed E-state index contributed by atoms with van der Waals surface area (Å²) < 4.78 is 23.7. The molecule has 0 aliphatic heterocycles. The van der Waals surface area contributed by atoms with E-state index in [0.717, 1.165) is 50.3 Å². The molecule has 0 saturated carbocycles. The van der Waals surface area contributed by atoms with Crippen molar-refractivity contribution in [2.75, 3.05) is 11.9 Å². The molecular formula is C21H39BrO3S. The zero-order chi connectivity index (χ0) is 19.3. The second kappa shape index (κ2) is 19.6. The highest BCUT2D eigenvalue weighted by Crippen LogP contribution is 2.10. The molecule has 0 atom stereocenters. The fourth-order valence-corrected chi connectivity index (χ4v) is 4.07. The van der Waals surface area contributed by atoms with Crippen LogP contribution in [0.15, 0.2) is 23.0 Å². The Balaban J connectivity index is 3.59. The minimum atomic E-state index is -3.18. The Morgan fingerprint density at radius 2 is 1.00 bits per heavy atom. The normalized spacial score (nSPS) is 12.5. The van der Waals surface area contributed by atoms with E-state index < -0.39 is 9.84 Å². The lowest BCUT2D eigenvalue weighted by molar-refractivity contribution is 0.282. The van der Waals surface area contributed by atoms with Crippen LogP contribution < -0.4 is 0 Å². The van der Waals surface area contributed by atoms with Crippen LogP contribution in [0.3, 0.4) is 0 Å². The molecule has 0 saturated heterocycles. The van der Waals surface area contributed by atoms with Crippen molar-refractivity contribution < 1.29 is 13.5 Å². The van der Waals surface area contributed by atoms with Crippen molar-refractivity contribution >= 4 is 25.8 Å². The first kappa shape index (κ1) is 25.9. The summed E-state index contributed by atoms with van der Waals surface area (Å²) in [5.74, 6) is 0. The van der Waals surface area contributed by atoms with Gasteiger partial charge in [0.1, 0.15) is 0 Å². The molecule has 0 aliphatic rings. The Hall–Kier alpha value is -0.130. The number of aliphatic hydroxyl groups is 1. The molecule has 0 fully saturated rings. The van der Waals surface area contributed by atoms with Gasteiger partial charge in [-0.15, -0.1) is 0 Å². The van der Waals surface area contributed by atoms with Crippen LogP contribution in [0.5, 0.6) is 0 Å². The number of unbranched alkanes of at least 4 members (excludes halogenated alkanes) is 13. The summed E-state index contributed by atoms with van der Waals surface area (Å²) in [5.41, 5.74) is 0. The van der Waals surface area contributed by atoms with Gasteiger partial charge in [0.2, 0.25) is 0 Å². The molecule has 0 aromatic rings. The van der Waals surface area contributed by atoms with Crippen LogP contribution in [0, 0.1) is 0 Å². The maximum absolute atomic E-state index is 11.9. The quantitative estimate of drug-likeness (QED) is 0.176. The molecule has 3 nitrogen and oxygen atoms in total. The number of halogens is 1. The fraction of sp³-hybridized carbons (Fsp3) is 0.810. The number of hydrogen-bond acceptors (Lipinski definition) is 3. The maximum Gasteiger partial charge on any atom is 0.192 e. The summed E-state index contributed by atoms with van der Waals surface area (Å²) >= 11 is 3.44. The lowest BCUT2D eigenvalue weighted by atomic mass is 10.1. The predicted octanol–water partition coefficient (Wildman–Crippen LogP) is 6.67. The van der Waals surface area contributed by atoms with Crippen molar-refractivity contribution in [3.63, 3.8) is 0 Å². The monoisotopic (exact) mass is 450 g/mol. The standard InChI is InChI=1S/C21H39BrO3S/c22-18-14-10-6-2-5-9-13-17-21-26(24,25)20-16-12-8-4-1-3-7-11-15-19-23/h16-17,20-21,23H,1-15,18-19H2. The summed E-state index contributed by atoms with van der Waals surface area (Å²) in [4.78, 5) is 0. The van der Waals surface area contributed by atoms with Crippen LogP contribution in [-0.2, 0) is 9.84 Å². The van der Waals surface area contributed by atoms with E-state index in [4.69, 9.17) is 5.11 Å². The Morgan fingerprint density at radius 3 is 1.42 bits per heavy atom. The second-order valence-corrected chi connectivity index (χ2v) is 9.43. The van der Waals surface area contributed by atoms with Gasteiger partial charge in [0.25, 0.3) is 0 Å². The zero-order valence-electron chi connectivity index (χ0n) is 16.4. The van der Waals surface area contributed by atoms with E-state index in [2.05, 4.69) is 15.9 Å². The molecule has 0 bridgehead atoms. The van der Waals surface area contributed by atoms with Gasteiger partial charge in [0, 0.05) is 22.8 Å². The van der Waals surface area contributed by atoms with Crippen LogP contribution in [0.1, 0.15) is 96.3 Å². The number of aliphatic hydroxyl groups excluding tert-OH is 1. The minimum Gasteiger partial charge on any atom is -0.396 e. The van der Waals surface area contributed by atoms with Crippen molar-refractivity contribution in [3.05, 3.63) is 23.0 Å². The maximum atomic E-state index is 11.9. The molecule has 0 aromatic carbocycles. The Morgan fingerprint density at radius 1 is 0.615 bits per heavy atom. The Kier molecular flexibility index (Phi) is 19.5. The number of hydrogen-bond donors (Lipinski definition) is 1. The summed E-state index contributed by atoms with van der Waals surface area (Å²) in [6.07, 6.45) is 20.4. The van der Waals surface area contributed by atoms with Crippen LogP contribution >= 0.6 is 15.9 Å². The van der Waals surface area contributed by atoms with Crippen LogP contribution in [0.25, 0.3) is 0 Å². The summed E-state index contributed by atoms with van der Waals surface area (Å²) in [5, 5.41) is 12.5. The van der Waals surface area contributed by atoms with E-state index in [1.54, 1.807) is 12.2 Å². The van der Waals surface area contributed by atoms with Crippen LogP contribution in [0.4, 0.5) is 0 Å². The lowest BCUT2D eigenvalue weighted by Gasteiger charge is -1.99. The van der Waals surface area contributed by atoms with Gasteiger partial charge in [-0.25, -0.2) is 8.42 Å². The summed E-state index contributed by atoms with van der Waals surface area (Å²) in [6.45, 7) is 0.297. The summed E-state index contributed by atoms with van der Waals surface area (Å²) in [6, 6.07) is 0. The van der Waals surface area contributed by atoms with Crippen molar-refractivity contribution in [3.8, 4) is 0 Å². The fourth-order valence-electron chi connectivity index (χ4n) is 2.77. The SMILES string of the molecule is O=S(=O)(C=CCCCCCCCCBr)C=CCCCCCCCCCO. The van der Waals surface area contributed by atoms with Gasteiger partial charge >= 0.3 is 0 Å². The number of sulfone groups is 1. The molecule has 154 valence electrons. The highest BCUT2D eigenvalue weighted by Gasteiger charge is 1.98. The third-order valence-electron chi connectivity index (χ3n) is 4.36. The molecule has 0 aromatic heterocycles. The molecule has 0 unspecified atom stereocenters. The summed E-state index contributed by atoms with van der Waals surface area (Å²) in [7, 11) is -3.18.